The number of rotatable bonds is 5. The molecule has 0 atom stereocenters. The van der Waals surface area contributed by atoms with Gasteiger partial charge in [-0.25, -0.2) is 4.39 Å². The highest BCUT2D eigenvalue weighted by molar-refractivity contribution is 7.80. The van der Waals surface area contributed by atoms with Gasteiger partial charge < -0.3 is 14.8 Å². The largest absolute Gasteiger partial charge is 0.488 e. The summed E-state index contributed by atoms with van der Waals surface area (Å²) in [6.45, 7) is 4.15. The molecule has 0 aliphatic rings. The molecule has 0 amide bonds. The zero-order valence-electron chi connectivity index (χ0n) is 13.5. The fourth-order valence-corrected chi connectivity index (χ4v) is 2.26. The van der Waals surface area contributed by atoms with E-state index in [-0.39, 0.29) is 17.6 Å². The standard InChI is InChI=1S/C18H20FNO2S/c1-4-13-8-9-16(12(2)10-13)21-11-14-15(19)6-5-7-17(14)22-18(23)20-3/h5-10H,4,11H2,1-3H3,(H,20,23). The van der Waals surface area contributed by atoms with Crippen molar-refractivity contribution in [2.24, 2.45) is 0 Å². The predicted molar refractivity (Wildman–Crippen MR) is 93.6 cm³/mol. The van der Waals surface area contributed by atoms with Gasteiger partial charge in [-0.05, 0) is 54.9 Å². The van der Waals surface area contributed by atoms with Crippen molar-refractivity contribution in [1.29, 1.82) is 0 Å². The van der Waals surface area contributed by atoms with Gasteiger partial charge in [-0.3, -0.25) is 0 Å². The van der Waals surface area contributed by atoms with Crippen molar-refractivity contribution in [3.63, 3.8) is 0 Å². The Kier molecular flexibility index (Phi) is 5.93. The molecule has 0 aromatic heterocycles. The number of ether oxygens (including phenoxy) is 2. The van der Waals surface area contributed by atoms with Crippen molar-refractivity contribution < 1.29 is 13.9 Å². The van der Waals surface area contributed by atoms with E-state index < -0.39 is 0 Å². The molecule has 122 valence electrons. The van der Waals surface area contributed by atoms with E-state index in [2.05, 4.69) is 18.3 Å². The van der Waals surface area contributed by atoms with E-state index in [0.717, 1.165) is 17.7 Å². The first kappa shape index (κ1) is 17.2. The Labute approximate surface area is 141 Å². The highest BCUT2D eigenvalue weighted by Crippen LogP contribution is 2.26. The van der Waals surface area contributed by atoms with Crippen LogP contribution in [0.15, 0.2) is 36.4 Å². The van der Waals surface area contributed by atoms with E-state index in [1.165, 1.54) is 11.6 Å². The van der Waals surface area contributed by atoms with Crippen LogP contribution in [0.2, 0.25) is 0 Å². The molecule has 0 aliphatic heterocycles. The minimum absolute atomic E-state index is 0.0701. The van der Waals surface area contributed by atoms with Gasteiger partial charge in [-0.1, -0.05) is 25.1 Å². The van der Waals surface area contributed by atoms with Gasteiger partial charge in [0, 0.05) is 7.05 Å². The average molecular weight is 333 g/mol. The van der Waals surface area contributed by atoms with Crippen LogP contribution in [0.25, 0.3) is 0 Å². The molecule has 0 aliphatic carbocycles. The Bertz CT molecular complexity index is 703. The third kappa shape index (κ3) is 4.42. The van der Waals surface area contributed by atoms with E-state index in [1.807, 2.05) is 19.1 Å². The maximum atomic E-state index is 14.1. The summed E-state index contributed by atoms with van der Waals surface area (Å²) >= 11 is 4.97. The van der Waals surface area contributed by atoms with E-state index >= 15 is 0 Å². The molecule has 0 saturated heterocycles. The molecule has 0 spiro atoms. The summed E-state index contributed by atoms with van der Waals surface area (Å²) < 4.78 is 25.3. The number of benzene rings is 2. The number of aryl methyl sites for hydroxylation is 2. The van der Waals surface area contributed by atoms with Gasteiger partial charge >= 0.3 is 0 Å². The Morgan fingerprint density at radius 2 is 2.00 bits per heavy atom. The number of hydrogen-bond acceptors (Lipinski definition) is 3. The lowest BCUT2D eigenvalue weighted by Crippen LogP contribution is -2.22. The van der Waals surface area contributed by atoms with E-state index in [0.29, 0.717) is 11.3 Å². The van der Waals surface area contributed by atoms with Crippen molar-refractivity contribution in [3.8, 4) is 11.5 Å². The van der Waals surface area contributed by atoms with Crippen molar-refractivity contribution in [2.45, 2.75) is 26.9 Å². The molecule has 2 rings (SSSR count). The molecule has 5 heteroatoms. The van der Waals surface area contributed by atoms with Crippen LogP contribution in [0.5, 0.6) is 11.5 Å². The van der Waals surface area contributed by atoms with Gasteiger partial charge in [-0.15, -0.1) is 0 Å². The lowest BCUT2D eigenvalue weighted by Gasteiger charge is -2.14. The topological polar surface area (TPSA) is 30.5 Å². The second-order valence-corrected chi connectivity index (χ2v) is 5.47. The molecule has 2 aromatic rings. The first-order chi connectivity index (χ1) is 11.0. The summed E-state index contributed by atoms with van der Waals surface area (Å²) in [5, 5.41) is 2.88. The molecule has 3 nitrogen and oxygen atoms in total. The van der Waals surface area contributed by atoms with Gasteiger partial charge in [0.1, 0.15) is 23.9 Å². The molecule has 1 N–H and O–H groups in total. The molecule has 2 aromatic carbocycles. The number of thiocarbonyl (C=S) groups is 1. The van der Waals surface area contributed by atoms with Crippen LogP contribution >= 0.6 is 12.2 Å². The third-order valence-corrected chi connectivity index (χ3v) is 3.79. The fourth-order valence-electron chi connectivity index (χ4n) is 2.17. The quantitative estimate of drug-likeness (QED) is 0.833. The van der Waals surface area contributed by atoms with Crippen LogP contribution in [0.4, 0.5) is 4.39 Å². The van der Waals surface area contributed by atoms with Gasteiger partial charge in [0.2, 0.25) is 0 Å². The maximum Gasteiger partial charge on any atom is 0.261 e. The van der Waals surface area contributed by atoms with Gasteiger partial charge in [0.25, 0.3) is 5.17 Å². The Balaban J connectivity index is 2.18. The highest BCUT2D eigenvalue weighted by atomic mass is 32.1. The molecule has 0 heterocycles. The SMILES string of the molecule is CCc1ccc(OCc2c(F)cccc2OC(=S)NC)c(C)c1. The van der Waals surface area contributed by atoms with Crippen molar-refractivity contribution >= 4 is 17.4 Å². The molecule has 0 fully saturated rings. The van der Waals surface area contributed by atoms with Crippen LogP contribution in [-0.4, -0.2) is 12.2 Å². The Morgan fingerprint density at radius 3 is 2.65 bits per heavy atom. The molecule has 0 bridgehead atoms. The van der Waals surface area contributed by atoms with Crippen molar-refractivity contribution in [3.05, 3.63) is 58.9 Å². The third-order valence-electron chi connectivity index (χ3n) is 3.50. The molecule has 23 heavy (non-hydrogen) atoms. The molecular formula is C18H20FNO2S. The summed E-state index contributed by atoms with van der Waals surface area (Å²) in [7, 11) is 1.65. The molecule has 0 radical (unpaired) electrons. The summed E-state index contributed by atoms with van der Waals surface area (Å²) in [5.41, 5.74) is 2.60. The first-order valence-electron chi connectivity index (χ1n) is 7.44. The van der Waals surface area contributed by atoms with E-state index in [9.17, 15) is 4.39 Å². The van der Waals surface area contributed by atoms with Crippen molar-refractivity contribution in [1.82, 2.24) is 5.32 Å². The highest BCUT2D eigenvalue weighted by Gasteiger charge is 2.13. The minimum Gasteiger partial charge on any atom is -0.488 e. The van der Waals surface area contributed by atoms with Crippen LogP contribution in [0, 0.1) is 12.7 Å². The lowest BCUT2D eigenvalue weighted by molar-refractivity contribution is 0.293. The number of hydrogen-bond donors (Lipinski definition) is 1. The average Bonchev–Trinajstić information content (AvgIpc) is 2.55. The zero-order chi connectivity index (χ0) is 16.8. The van der Waals surface area contributed by atoms with E-state index in [4.69, 9.17) is 21.7 Å². The van der Waals surface area contributed by atoms with Gasteiger partial charge in [0.15, 0.2) is 0 Å². The second kappa shape index (κ2) is 7.92. The second-order valence-electron chi connectivity index (χ2n) is 5.10. The summed E-state index contributed by atoms with van der Waals surface area (Å²) in [4.78, 5) is 0. The Hall–Kier alpha value is -2.14. The molecule has 0 saturated carbocycles. The first-order valence-corrected chi connectivity index (χ1v) is 7.85. The number of nitrogens with one attached hydrogen (secondary N) is 1. The van der Waals surface area contributed by atoms with Gasteiger partial charge in [-0.2, -0.15) is 0 Å². The lowest BCUT2D eigenvalue weighted by atomic mass is 10.1. The van der Waals surface area contributed by atoms with Crippen LogP contribution in [-0.2, 0) is 13.0 Å². The van der Waals surface area contributed by atoms with Crippen LogP contribution in [0.3, 0.4) is 0 Å². The smallest absolute Gasteiger partial charge is 0.261 e. The van der Waals surface area contributed by atoms with Crippen LogP contribution < -0.4 is 14.8 Å². The molecular weight excluding hydrogens is 313 g/mol. The fraction of sp³-hybridized carbons (Fsp3) is 0.278. The summed E-state index contributed by atoms with van der Waals surface area (Å²) in [6, 6.07) is 10.6. The monoisotopic (exact) mass is 333 g/mol. The van der Waals surface area contributed by atoms with Crippen molar-refractivity contribution in [2.75, 3.05) is 7.05 Å². The molecule has 0 unspecified atom stereocenters. The normalized spacial score (nSPS) is 10.3. The van der Waals surface area contributed by atoms with Gasteiger partial charge in [0.05, 0.1) is 5.56 Å². The predicted octanol–water partition coefficient (Wildman–Crippen LogP) is 4.16. The maximum absolute atomic E-state index is 14.1. The zero-order valence-corrected chi connectivity index (χ0v) is 14.3. The minimum atomic E-state index is -0.385. The summed E-state index contributed by atoms with van der Waals surface area (Å²) in [5.74, 6) is 0.698. The number of halogens is 1. The van der Waals surface area contributed by atoms with Crippen LogP contribution in [0.1, 0.15) is 23.6 Å². The summed E-state index contributed by atoms with van der Waals surface area (Å²) in [6.07, 6.45) is 0.966. The Morgan fingerprint density at radius 1 is 1.22 bits per heavy atom. The van der Waals surface area contributed by atoms with E-state index in [1.54, 1.807) is 19.2 Å².